The summed E-state index contributed by atoms with van der Waals surface area (Å²) in [7, 11) is 1.84. The molecule has 0 spiro atoms. The van der Waals surface area contributed by atoms with E-state index in [2.05, 4.69) is 5.10 Å². The molecule has 2 heterocycles. The molecule has 1 saturated carbocycles. The topological polar surface area (TPSA) is 48.0 Å². The number of carbonyl (C=O) groups is 1. The van der Waals surface area contributed by atoms with Gasteiger partial charge in [0.05, 0.1) is 5.56 Å². The second-order valence-electron chi connectivity index (χ2n) is 4.60. The number of aryl methyl sites for hydroxylation is 1. The largest absolute Gasteiger partial charge is 0.459 e. The van der Waals surface area contributed by atoms with Gasteiger partial charge in [0, 0.05) is 19.7 Å². The van der Waals surface area contributed by atoms with Crippen molar-refractivity contribution < 1.29 is 9.21 Å². The predicted molar refractivity (Wildman–Crippen MR) is 62.7 cm³/mol. The fourth-order valence-electron chi connectivity index (χ4n) is 2.05. The molecular weight excluding hydrogens is 216 g/mol. The Kier molecular flexibility index (Phi) is 2.35. The lowest BCUT2D eigenvalue weighted by molar-refractivity contribution is 0.112. The maximum absolute atomic E-state index is 11.1. The number of hydrogen-bond acceptors (Lipinski definition) is 3. The van der Waals surface area contributed by atoms with Gasteiger partial charge in [-0.25, -0.2) is 0 Å². The lowest BCUT2D eigenvalue weighted by atomic mass is 10.2. The first-order valence-corrected chi connectivity index (χ1v) is 5.84. The van der Waals surface area contributed by atoms with Crippen LogP contribution in [0.1, 0.15) is 29.0 Å². The summed E-state index contributed by atoms with van der Waals surface area (Å²) in [6.07, 6.45) is 6.05. The fraction of sp³-hybridized carbons (Fsp3) is 0.385. The van der Waals surface area contributed by atoms with Gasteiger partial charge in [0.1, 0.15) is 11.5 Å². The summed E-state index contributed by atoms with van der Waals surface area (Å²) >= 11 is 0. The summed E-state index contributed by atoms with van der Waals surface area (Å²) in [6, 6.07) is 3.71. The number of rotatable bonds is 4. The molecule has 4 heteroatoms. The van der Waals surface area contributed by atoms with Crippen LogP contribution in [0.2, 0.25) is 0 Å². The van der Waals surface area contributed by atoms with Crippen molar-refractivity contribution in [1.29, 1.82) is 0 Å². The molecule has 0 unspecified atom stereocenters. The Morgan fingerprint density at radius 3 is 3.00 bits per heavy atom. The summed E-state index contributed by atoms with van der Waals surface area (Å²) in [4.78, 5) is 11.1. The van der Waals surface area contributed by atoms with Gasteiger partial charge in [0.2, 0.25) is 0 Å². The number of aromatic nitrogens is 2. The normalized spacial score (nSPS) is 15.1. The highest BCUT2D eigenvalue weighted by Gasteiger charge is 2.24. The van der Waals surface area contributed by atoms with Crippen molar-refractivity contribution in [2.24, 2.45) is 13.0 Å². The zero-order chi connectivity index (χ0) is 11.8. The molecule has 1 fully saturated rings. The Morgan fingerprint density at radius 2 is 2.41 bits per heavy atom. The molecule has 3 rings (SSSR count). The van der Waals surface area contributed by atoms with E-state index in [4.69, 9.17) is 4.42 Å². The third-order valence-corrected chi connectivity index (χ3v) is 3.18. The van der Waals surface area contributed by atoms with Gasteiger partial charge in [-0.1, -0.05) is 0 Å². The minimum atomic E-state index is 0.615. The van der Waals surface area contributed by atoms with Gasteiger partial charge in [-0.3, -0.25) is 9.48 Å². The molecule has 0 amide bonds. The average molecular weight is 230 g/mol. The highest BCUT2D eigenvalue weighted by Crippen LogP contribution is 2.35. The monoisotopic (exact) mass is 230 g/mol. The Bertz CT molecular complexity index is 550. The average Bonchev–Trinajstić information content (AvgIpc) is 2.87. The first-order chi connectivity index (χ1) is 8.28. The first kappa shape index (κ1) is 10.3. The lowest BCUT2D eigenvalue weighted by Gasteiger charge is -1.98. The van der Waals surface area contributed by atoms with Gasteiger partial charge in [-0.15, -0.1) is 0 Å². The van der Waals surface area contributed by atoms with Gasteiger partial charge in [0.15, 0.2) is 12.0 Å². The molecule has 17 heavy (non-hydrogen) atoms. The Hall–Kier alpha value is -1.84. The maximum Gasteiger partial charge on any atom is 0.162 e. The van der Waals surface area contributed by atoms with Crippen LogP contribution in [0.25, 0.3) is 11.5 Å². The van der Waals surface area contributed by atoms with Crippen LogP contribution >= 0.6 is 0 Å². The van der Waals surface area contributed by atoms with Crippen LogP contribution in [0.15, 0.2) is 22.7 Å². The smallest absolute Gasteiger partial charge is 0.162 e. The highest BCUT2D eigenvalue weighted by molar-refractivity contribution is 5.84. The lowest BCUT2D eigenvalue weighted by Crippen LogP contribution is -1.93. The van der Waals surface area contributed by atoms with Crippen LogP contribution < -0.4 is 0 Å². The van der Waals surface area contributed by atoms with E-state index >= 15 is 0 Å². The Balaban J connectivity index is 1.99. The van der Waals surface area contributed by atoms with E-state index in [0.29, 0.717) is 11.3 Å². The van der Waals surface area contributed by atoms with Gasteiger partial charge >= 0.3 is 0 Å². The van der Waals surface area contributed by atoms with Crippen molar-refractivity contribution in [3.63, 3.8) is 0 Å². The summed E-state index contributed by atoms with van der Waals surface area (Å²) < 4.78 is 7.50. The molecule has 2 aromatic rings. The SMILES string of the molecule is Cn1nccc1-c1oc(CC2CC2)cc1C=O. The summed E-state index contributed by atoms with van der Waals surface area (Å²) in [5.41, 5.74) is 1.46. The van der Waals surface area contributed by atoms with E-state index < -0.39 is 0 Å². The van der Waals surface area contributed by atoms with Crippen LogP contribution in [0.3, 0.4) is 0 Å². The fourth-order valence-corrected chi connectivity index (χ4v) is 2.05. The maximum atomic E-state index is 11.1. The second kappa shape index (κ2) is 3.87. The van der Waals surface area contributed by atoms with Crippen LogP contribution in [0.5, 0.6) is 0 Å². The molecule has 4 nitrogen and oxygen atoms in total. The molecular formula is C13H14N2O2. The summed E-state index contributed by atoms with van der Waals surface area (Å²) in [5.74, 6) is 2.29. The van der Waals surface area contributed by atoms with Crippen molar-refractivity contribution in [3.05, 3.63) is 29.7 Å². The minimum absolute atomic E-state index is 0.615. The Morgan fingerprint density at radius 1 is 1.59 bits per heavy atom. The number of aldehydes is 1. The van der Waals surface area contributed by atoms with Crippen molar-refractivity contribution in [1.82, 2.24) is 9.78 Å². The van der Waals surface area contributed by atoms with E-state index in [1.807, 2.05) is 19.2 Å². The van der Waals surface area contributed by atoms with E-state index in [1.54, 1.807) is 10.9 Å². The third-order valence-electron chi connectivity index (χ3n) is 3.18. The molecule has 0 saturated heterocycles. The van der Waals surface area contributed by atoms with E-state index in [0.717, 1.165) is 30.1 Å². The molecule has 1 aliphatic carbocycles. The van der Waals surface area contributed by atoms with Crippen molar-refractivity contribution in [2.45, 2.75) is 19.3 Å². The van der Waals surface area contributed by atoms with Crippen molar-refractivity contribution in [2.75, 3.05) is 0 Å². The molecule has 0 atom stereocenters. The van der Waals surface area contributed by atoms with Crippen molar-refractivity contribution >= 4 is 6.29 Å². The van der Waals surface area contributed by atoms with Gasteiger partial charge in [0.25, 0.3) is 0 Å². The zero-order valence-corrected chi connectivity index (χ0v) is 9.72. The van der Waals surface area contributed by atoms with Gasteiger partial charge in [-0.05, 0) is 30.9 Å². The quantitative estimate of drug-likeness (QED) is 0.758. The molecule has 0 N–H and O–H groups in total. The van der Waals surface area contributed by atoms with Crippen LogP contribution in [0.4, 0.5) is 0 Å². The molecule has 0 radical (unpaired) electrons. The van der Waals surface area contributed by atoms with Crippen LogP contribution in [-0.2, 0) is 13.5 Å². The molecule has 0 bridgehead atoms. The molecule has 0 aliphatic heterocycles. The third kappa shape index (κ3) is 1.90. The van der Waals surface area contributed by atoms with Crippen LogP contribution in [-0.4, -0.2) is 16.1 Å². The van der Waals surface area contributed by atoms with E-state index in [1.165, 1.54) is 12.8 Å². The van der Waals surface area contributed by atoms with E-state index in [9.17, 15) is 4.79 Å². The summed E-state index contributed by atoms with van der Waals surface area (Å²) in [6.45, 7) is 0. The number of furan rings is 1. The highest BCUT2D eigenvalue weighted by atomic mass is 16.3. The molecule has 88 valence electrons. The molecule has 0 aromatic carbocycles. The van der Waals surface area contributed by atoms with Crippen LogP contribution in [0, 0.1) is 5.92 Å². The van der Waals surface area contributed by atoms with Gasteiger partial charge < -0.3 is 4.42 Å². The van der Waals surface area contributed by atoms with Crippen molar-refractivity contribution in [3.8, 4) is 11.5 Å². The first-order valence-electron chi connectivity index (χ1n) is 5.84. The number of hydrogen-bond donors (Lipinski definition) is 0. The Labute approximate surface area is 99.2 Å². The predicted octanol–water partition coefficient (Wildman–Crippen LogP) is 2.45. The zero-order valence-electron chi connectivity index (χ0n) is 9.72. The number of nitrogens with zero attached hydrogens (tertiary/aromatic N) is 2. The second-order valence-corrected chi connectivity index (χ2v) is 4.60. The summed E-state index contributed by atoms with van der Waals surface area (Å²) in [5, 5.41) is 4.09. The van der Waals surface area contributed by atoms with E-state index in [-0.39, 0.29) is 0 Å². The minimum Gasteiger partial charge on any atom is -0.459 e. The van der Waals surface area contributed by atoms with Gasteiger partial charge in [-0.2, -0.15) is 5.10 Å². The number of carbonyl (C=O) groups excluding carboxylic acids is 1. The standard InChI is InChI=1S/C13H14N2O2/c1-15-12(4-5-14-15)13-10(8-16)7-11(17-13)6-9-2-3-9/h4-5,7-9H,2-3,6H2,1H3. The molecule has 1 aliphatic rings. The molecule has 2 aromatic heterocycles.